The van der Waals surface area contributed by atoms with E-state index in [4.69, 9.17) is 4.74 Å². The van der Waals surface area contributed by atoms with Crippen molar-refractivity contribution < 1.29 is 9.53 Å². The number of thiophene rings is 1. The van der Waals surface area contributed by atoms with E-state index in [1.807, 2.05) is 48.7 Å². The lowest BCUT2D eigenvalue weighted by Gasteiger charge is -2.24. The predicted molar refractivity (Wildman–Crippen MR) is 131 cm³/mol. The number of thiazole rings is 1. The number of esters is 1. The second-order valence-electron chi connectivity index (χ2n) is 6.72. The van der Waals surface area contributed by atoms with Crippen molar-refractivity contribution in [3.05, 3.63) is 81.6 Å². The zero-order valence-corrected chi connectivity index (χ0v) is 21.1. The van der Waals surface area contributed by atoms with E-state index in [-0.39, 0.29) is 12.2 Å². The minimum Gasteiger partial charge on any atom is -0.463 e. The van der Waals surface area contributed by atoms with E-state index in [9.17, 15) is 9.59 Å². The number of aromatic nitrogens is 1. The minimum atomic E-state index is -0.580. The Morgan fingerprint density at radius 2 is 2.00 bits per heavy atom. The molecule has 31 heavy (non-hydrogen) atoms. The van der Waals surface area contributed by atoms with Gasteiger partial charge < -0.3 is 4.74 Å². The number of halogens is 1. The molecule has 1 aliphatic rings. The summed E-state index contributed by atoms with van der Waals surface area (Å²) in [5.41, 5.74) is 1.66. The van der Waals surface area contributed by atoms with E-state index >= 15 is 0 Å². The number of benzene rings is 1. The number of allylic oxidation sites excluding steroid dienone is 1. The Bertz CT molecular complexity index is 1350. The van der Waals surface area contributed by atoms with E-state index in [1.165, 1.54) is 11.3 Å². The van der Waals surface area contributed by atoms with Crippen LogP contribution in [0.15, 0.2) is 66.1 Å². The first-order valence-corrected chi connectivity index (χ1v) is 13.2. The zero-order valence-electron chi connectivity index (χ0n) is 17.0. The van der Waals surface area contributed by atoms with Gasteiger partial charge in [0.05, 0.1) is 32.2 Å². The maximum Gasteiger partial charge on any atom is 0.338 e. The van der Waals surface area contributed by atoms with Crippen LogP contribution in [0.2, 0.25) is 0 Å². The van der Waals surface area contributed by atoms with Crippen LogP contribution < -0.4 is 14.9 Å². The maximum absolute atomic E-state index is 13.5. The van der Waals surface area contributed by atoms with Crippen LogP contribution in [0, 0.1) is 0 Å². The summed E-state index contributed by atoms with van der Waals surface area (Å²) in [5, 5.41) is 0. The average Bonchev–Trinajstić information content (AvgIpc) is 3.30. The van der Waals surface area contributed by atoms with Crippen molar-refractivity contribution in [2.24, 2.45) is 4.99 Å². The summed E-state index contributed by atoms with van der Waals surface area (Å²) in [7, 11) is 0. The summed E-state index contributed by atoms with van der Waals surface area (Å²) in [6, 6.07) is 11.2. The molecule has 3 heterocycles. The Kier molecular flexibility index (Phi) is 6.66. The fourth-order valence-electron chi connectivity index (χ4n) is 3.43. The Morgan fingerprint density at radius 3 is 2.61 bits per heavy atom. The van der Waals surface area contributed by atoms with E-state index in [1.54, 1.807) is 41.5 Å². The monoisotopic (exact) mass is 534 g/mol. The Morgan fingerprint density at radius 1 is 1.26 bits per heavy atom. The molecule has 9 heteroatoms. The van der Waals surface area contributed by atoms with Gasteiger partial charge in [0.25, 0.3) is 5.56 Å². The third kappa shape index (κ3) is 4.37. The molecule has 0 radical (unpaired) electrons. The summed E-state index contributed by atoms with van der Waals surface area (Å²) in [5.74, 6) is -0.445. The number of carbonyl (C=O) groups is 1. The highest BCUT2D eigenvalue weighted by atomic mass is 79.9. The van der Waals surface area contributed by atoms with Gasteiger partial charge in [-0.05, 0) is 71.9 Å². The van der Waals surface area contributed by atoms with Crippen molar-refractivity contribution in [1.29, 1.82) is 0 Å². The van der Waals surface area contributed by atoms with Crippen LogP contribution >= 0.6 is 50.4 Å². The van der Waals surface area contributed by atoms with E-state index in [0.717, 1.165) is 19.1 Å². The quantitative estimate of drug-likeness (QED) is 0.360. The topological polar surface area (TPSA) is 60.7 Å². The van der Waals surface area contributed by atoms with Crippen molar-refractivity contribution in [3.8, 4) is 0 Å². The fourth-order valence-corrected chi connectivity index (χ4v) is 6.32. The molecule has 0 bridgehead atoms. The van der Waals surface area contributed by atoms with Gasteiger partial charge in [0.2, 0.25) is 0 Å². The van der Waals surface area contributed by atoms with Gasteiger partial charge in [-0.2, -0.15) is 0 Å². The number of rotatable bonds is 5. The molecule has 160 valence electrons. The Balaban J connectivity index is 1.94. The number of nitrogens with zero attached hydrogens (tertiary/aromatic N) is 2. The SMILES string of the molecule is CCOC(=O)C1=C(C)N=c2s/c(=C/c3ccc(Br)s3)c(=O)n2C1c1ccc(SC)cc1. The fraction of sp³-hybridized carbons (Fsp3) is 0.227. The molecule has 0 saturated heterocycles. The van der Waals surface area contributed by atoms with Crippen LogP contribution in [0.4, 0.5) is 0 Å². The van der Waals surface area contributed by atoms with Crippen LogP contribution in [0.3, 0.4) is 0 Å². The van der Waals surface area contributed by atoms with Crippen LogP contribution in [-0.2, 0) is 9.53 Å². The standard InChI is InChI=1S/C22H19BrN2O3S3/c1-4-28-21(27)18-12(2)24-22-25(19(18)13-5-7-14(29-3)8-6-13)20(26)16(31-22)11-15-9-10-17(23)30-15/h5-11,19H,4H2,1-3H3/b16-11+. The van der Waals surface area contributed by atoms with Gasteiger partial charge in [-0.15, -0.1) is 23.1 Å². The number of ether oxygens (including phenoxy) is 1. The number of hydrogen-bond acceptors (Lipinski definition) is 7. The summed E-state index contributed by atoms with van der Waals surface area (Å²) >= 11 is 7.98. The second-order valence-corrected chi connectivity index (χ2v) is 11.1. The highest BCUT2D eigenvalue weighted by Crippen LogP contribution is 2.31. The van der Waals surface area contributed by atoms with E-state index in [0.29, 0.717) is 20.6 Å². The van der Waals surface area contributed by atoms with Gasteiger partial charge in [-0.25, -0.2) is 9.79 Å². The molecule has 1 atom stereocenters. The lowest BCUT2D eigenvalue weighted by atomic mass is 9.96. The van der Waals surface area contributed by atoms with Crippen molar-refractivity contribution in [1.82, 2.24) is 4.57 Å². The zero-order chi connectivity index (χ0) is 22.1. The Hall–Kier alpha value is -1.94. The molecule has 3 aromatic rings. The van der Waals surface area contributed by atoms with Crippen LogP contribution in [-0.4, -0.2) is 23.4 Å². The normalized spacial score (nSPS) is 16.3. The summed E-state index contributed by atoms with van der Waals surface area (Å²) in [6.45, 7) is 3.82. The van der Waals surface area contributed by atoms with Gasteiger partial charge in [0.15, 0.2) is 4.80 Å². The van der Waals surface area contributed by atoms with Gasteiger partial charge in [0.1, 0.15) is 0 Å². The number of fused-ring (bicyclic) bond motifs is 1. The second kappa shape index (κ2) is 9.28. The highest BCUT2D eigenvalue weighted by molar-refractivity contribution is 9.11. The minimum absolute atomic E-state index is 0.165. The highest BCUT2D eigenvalue weighted by Gasteiger charge is 2.33. The largest absolute Gasteiger partial charge is 0.463 e. The molecule has 1 aromatic carbocycles. The average molecular weight is 536 g/mol. The van der Waals surface area contributed by atoms with Crippen LogP contribution in [0.5, 0.6) is 0 Å². The van der Waals surface area contributed by atoms with Gasteiger partial charge in [-0.3, -0.25) is 9.36 Å². The summed E-state index contributed by atoms with van der Waals surface area (Å²) in [4.78, 5) is 33.6. The molecule has 1 unspecified atom stereocenters. The Labute approximate surface area is 199 Å². The van der Waals surface area contributed by atoms with E-state index in [2.05, 4.69) is 20.9 Å². The molecule has 0 amide bonds. The number of thioether (sulfide) groups is 1. The van der Waals surface area contributed by atoms with E-state index < -0.39 is 12.0 Å². The smallest absolute Gasteiger partial charge is 0.338 e. The molecule has 0 spiro atoms. The molecular weight excluding hydrogens is 516 g/mol. The first kappa shape index (κ1) is 22.3. The summed E-state index contributed by atoms with van der Waals surface area (Å²) < 4.78 is 8.52. The molecule has 5 nitrogen and oxygen atoms in total. The van der Waals surface area contributed by atoms with Crippen molar-refractivity contribution in [2.45, 2.75) is 24.8 Å². The number of carbonyl (C=O) groups excluding carboxylic acids is 1. The van der Waals surface area contributed by atoms with Crippen LogP contribution in [0.25, 0.3) is 6.08 Å². The first-order chi connectivity index (χ1) is 14.9. The van der Waals surface area contributed by atoms with Gasteiger partial charge in [0, 0.05) is 9.77 Å². The molecule has 0 fully saturated rings. The molecular formula is C22H19BrN2O3S3. The van der Waals surface area contributed by atoms with Crippen molar-refractivity contribution >= 4 is 62.4 Å². The predicted octanol–water partition coefficient (Wildman–Crippen LogP) is 4.34. The molecule has 0 saturated carbocycles. The van der Waals surface area contributed by atoms with Gasteiger partial charge >= 0.3 is 5.97 Å². The molecule has 1 aliphatic heterocycles. The lowest BCUT2D eigenvalue weighted by Crippen LogP contribution is -2.39. The maximum atomic E-state index is 13.5. The molecule has 2 aromatic heterocycles. The molecule has 4 rings (SSSR count). The summed E-state index contributed by atoms with van der Waals surface area (Å²) in [6.07, 6.45) is 3.88. The van der Waals surface area contributed by atoms with Crippen LogP contribution in [0.1, 0.15) is 30.3 Å². The van der Waals surface area contributed by atoms with Gasteiger partial charge in [-0.1, -0.05) is 23.5 Å². The molecule has 0 N–H and O–H groups in total. The van der Waals surface area contributed by atoms with Crippen molar-refractivity contribution in [3.63, 3.8) is 0 Å². The lowest BCUT2D eigenvalue weighted by molar-refractivity contribution is -0.139. The van der Waals surface area contributed by atoms with Crippen molar-refractivity contribution in [2.75, 3.05) is 12.9 Å². The first-order valence-electron chi connectivity index (χ1n) is 9.52. The third-order valence-electron chi connectivity index (χ3n) is 4.82. The third-order valence-corrected chi connectivity index (χ3v) is 8.11. The number of hydrogen-bond donors (Lipinski definition) is 0. The molecule has 0 aliphatic carbocycles.